The van der Waals surface area contributed by atoms with E-state index in [-0.39, 0.29) is 38.0 Å². The molecule has 0 spiro atoms. The van der Waals surface area contributed by atoms with E-state index in [2.05, 4.69) is 167 Å². The zero-order chi connectivity index (χ0) is 48.6. The van der Waals surface area contributed by atoms with Crippen LogP contribution in [0.15, 0.2) is 146 Å². The number of hydrogen-bond acceptors (Lipinski definition) is 6. The topological polar surface area (TPSA) is 78.9 Å². The number of unbranched alkanes of at least 4 members (excludes halogenated alkanes) is 10. The van der Waals surface area contributed by atoms with E-state index in [4.69, 9.17) is 14.2 Å². The molecule has 0 bridgehead atoms. The van der Waals surface area contributed by atoms with Gasteiger partial charge < -0.3 is 14.2 Å². The van der Waals surface area contributed by atoms with Gasteiger partial charge in [0.25, 0.3) is 0 Å². The fourth-order valence-corrected chi connectivity index (χ4v) is 6.42. The molecule has 6 nitrogen and oxygen atoms in total. The first-order valence-corrected chi connectivity index (χ1v) is 26.3. The van der Waals surface area contributed by atoms with Gasteiger partial charge in [0.1, 0.15) is 13.2 Å². The summed E-state index contributed by atoms with van der Waals surface area (Å²) in [5.74, 6) is -1.08. The van der Waals surface area contributed by atoms with Crippen molar-refractivity contribution < 1.29 is 28.6 Å². The summed E-state index contributed by atoms with van der Waals surface area (Å²) in [6.45, 7) is 6.25. The van der Waals surface area contributed by atoms with Gasteiger partial charge in [-0.15, -0.1) is 0 Å². The van der Waals surface area contributed by atoms with Crippen LogP contribution in [-0.4, -0.2) is 37.2 Å². The Kier molecular flexibility index (Phi) is 50.1. The van der Waals surface area contributed by atoms with Crippen molar-refractivity contribution in [2.75, 3.05) is 13.2 Å². The molecule has 0 aromatic heterocycles. The summed E-state index contributed by atoms with van der Waals surface area (Å²) in [6.07, 6.45) is 77.0. The summed E-state index contributed by atoms with van der Waals surface area (Å²) >= 11 is 0. The van der Waals surface area contributed by atoms with E-state index in [1.165, 1.54) is 25.7 Å². The molecule has 6 heteroatoms. The van der Waals surface area contributed by atoms with Gasteiger partial charge in [0.15, 0.2) is 6.10 Å². The Bertz CT molecular complexity index is 1530. The van der Waals surface area contributed by atoms with Crippen molar-refractivity contribution in [1.82, 2.24) is 0 Å². The first-order valence-electron chi connectivity index (χ1n) is 26.3. The van der Waals surface area contributed by atoms with Crippen LogP contribution < -0.4 is 0 Å². The lowest BCUT2D eigenvalue weighted by atomic mass is 10.1. The Morgan fingerprint density at radius 1 is 0.313 bits per heavy atom. The van der Waals surface area contributed by atoms with Crippen molar-refractivity contribution in [3.05, 3.63) is 146 Å². The monoisotopic (exact) mass is 923 g/mol. The molecule has 0 amide bonds. The van der Waals surface area contributed by atoms with Gasteiger partial charge in [0.2, 0.25) is 0 Å². The molecular weight excluding hydrogens is 829 g/mol. The first-order chi connectivity index (χ1) is 33.0. The van der Waals surface area contributed by atoms with Gasteiger partial charge in [-0.05, 0) is 128 Å². The summed E-state index contributed by atoms with van der Waals surface area (Å²) in [4.78, 5) is 38.0. The first kappa shape index (κ1) is 62.3. The second kappa shape index (κ2) is 53.9. The van der Waals surface area contributed by atoms with Gasteiger partial charge in [-0.1, -0.05) is 199 Å². The lowest BCUT2D eigenvalue weighted by Gasteiger charge is -2.18. The Labute approximate surface area is 410 Å². The minimum Gasteiger partial charge on any atom is -0.462 e. The number of rotatable bonds is 45. The van der Waals surface area contributed by atoms with Crippen molar-refractivity contribution in [1.29, 1.82) is 0 Å². The summed E-state index contributed by atoms with van der Waals surface area (Å²) in [5, 5.41) is 0. The van der Waals surface area contributed by atoms with Crippen LogP contribution in [0.1, 0.15) is 201 Å². The van der Waals surface area contributed by atoms with Gasteiger partial charge in [-0.3, -0.25) is 14.4 Å². The largest absolute Gasteiger partial charge is 0.462 e. The second-order valence-corrected chi connectivity index (χ2v) is 16.7. The standard InChI is InChI=1S/C61H94O6/c1-4-7-10-13-16-19-22-25-28-30-33-36-39-42-45-48-51-54-60(63)66-57-58(56-65-59(62)53-50-47-44-41-38-35-32-27-24-21-18-15-12-9-6-3)67-61(64)55-52-49-46-43-40-37-34-31-29-26-23-20-17-14-11-8-5-2/h7,9-10,12,16-21,25-29,32-34,36-37,42-43,45-46,58H,4-6,8,11,13-15,22-24,30-31,35,38-41,44,47-57H2,1-3H3/b10-7+,12-9+,19-16+,20-17+,21-18+,28-25+,29-26+,32-27+,36-33+,37-34+,45-42+,46-43+/t58-/m1/s1. The Balaban J connectivity index is 4.63. The molecule has 67 heavy (non-hydrogen) atoms. The predicted molar refractivity (Wildman–Crippen MR) is 288 cm³/mol. The number of esters is 3. The zero-order valence-corrected chi connectivity index (χ0v) is 42.6. The van der Waals surface area contributed by atoms with Crippen LogP contribution in [0, 0.1) is 0 Å². The van der Waals surface area contributed by atoms with E-state index < -0.39 is 12.1 Å². The molecule has 0 aromatic carbocycles. The molecule has 0 aliphatic heterocycles. The fraction of sp³-hybridized carbons (Fsp3) is 0.557. The molecule has 0 fully saturated rings. The van der Waals surface area contributed by atoms with Gasteiger partial charge in [0.05, 0.1) is 0 Å². The maximum absolute atomic E-state index is 12.8. The number of carbonyl (C=O) groups is 3. The summed E-state index contributed by atoms with van der Waals surface area (Å²) < 4.78 is 16.7. The molecule has 0 saturated heterocycles. The summed E-state index contributed by atoms with van der Waals surface area (Å²) in [5.41, 5.74) is 0. The maximum atomic E-state index is 12.8. The van der Waals surface area contributed by atoms with Crippen molar-refractivity contribution in [3.63, 3.8) is 0 Å². The molecule has 0 aromatic rings. The van der Waals surface area contributed by atoms with Crippen molar-refractivity contribution in [3.8, 4) is 0 Å². The molecule has 0 aliphatic carbocycles. The van der Waals surface area contributed by atoms with Crippen LogP contribution in [0.5, 0.6) is 0 Å². The Morgan fingerprint density at radius 2 is 0.597 bits per heavy atom. The SMILES string of the molecule is CC/C=C/C/C=C/C/C=C/C/C=C/C/C=C/CCCC(=O)OC[C@@H](COC(=O)CCCCCCC/C=C/C/C=C/C/C=C/CC)OC(=O)CCC/C=C/C/C=C/C/C=C/C/C=C/CCCCC. The zero-order valence-electron chi connectivity index (χ0n) is 42.6. The molecule has 0 aliphatic rings. The van der Waals surface area contributed by atoms with Crippen molar-refractivity contribution >= 4 is 17.9 Å². The second-order valence-electron chi connectivity index (χ2n) is 16.7. The molecule has 374 valence electrons. The van der Waals surface area contributed by atoms with E-state index in [0.29, 0.717) is 19.3 Å². The van der Waals surface area contributed by atoms with Gasteiger partial charge in [0, 0.05) is 19.3 Å². The summed E-state index contributed by atoms with van der Waals surface area (Å²) in [7, 11) is 0. The van der Waals surface area contributed by atoms with Crippen LogP contribution in [-0.2, 0) is 28.6 Å². The van der Waals surface area contributed by atoms with Crippen LogP contribution in [0.4, 0.5) is 0 Å². The summed E-state index contributed by atoms with van der Waals surface area (Å²) in [6, 6.07) is 0. The maximum Gasteiger partial charge on any atom is 0.306 e. The van der Waals surface area contributed by atoms with Crippen LogP contribution >= 0.6 is 0 Å². The highest BCUT2D eigenvalue weighted by molar-refractivity contribution is 5.71. The van der Waals surface area contributed by atoms with Gasteiger partial charge >= 0.3 is 17.9 Å². The van der Waals surface area contributed by atoms with Crippen LogP contribution in [0.3, 0.4) is 0 Å². The molecule has 0 heterocycles. The average Bonchev–Trinajstić information content (AvgIpc) is 3.33. The number of carbonyl (C=O) groups excluding carboxylic acids is 3. The van der Waals surface area contributed by atoms with Gasteiger partial charge in [-0.2, -0.15) is 0 Å². The lowest BCUT2D eigenvalue weighted by molar-refractivity contribution is -0.167. The molecule has 0 saturated carbocycles. The molecular formula is C61H94O6. The fourth-order valence-electron chi connectivity index (χ4n) is 6.42. The Morgan fingerprint density at radius 3 is 0.970 bits per heavy atom. The lowest BCUT2D eigenvalue weighted by Crippen LogP contribution is -2.30. The third-order valence-corrected chi connectivity index (χ3v) is 10.3. The molecule has 0 N–H and O–H groups in total. The third-order valence-electron chi connectivity index (χ3n) is 10.3. The Hall–Kier alpha value is -4.71. The van der Waals surface area contributed by atoms with E-state index in [1.807, 2.05) is 0 Å². The quantitative estimate of drug-likeness (QED) is 0.0262. The van der Waals surface area contributed by atoms with Gasteiger partial charge in [-0.25, -0.2) is 0 Å². The average molecular weight is 923 g/mol. The highest BCUT2D eigenvalue weighted by atomic mass is 16.6. The highest BCUT2D eigenvalue weighted by Crippen LogP contribution is 2.11. The van der Waals surface area contributed by atoms with Crippen molar-refractivity contribution in [2.24, 2.45) is 0 Å². The van der Waals surface area contributed by atoms with E-state index >= 15 is 0 Å². The number of allylic oxidation sites excluding steroid dienone is 24. The van der Waals surface area contributed by atoms with Crippen molar-refractivity contribution in [2.45, 2.75) is 207 Å². The minimum absolute atomic E-state index is 0.133. The highest BCUT2D eigenvalue weighted by Gasteiger charge is 2.19. The number of hydrogen-bond donors (Lipinski definition) is 0. The molecule has 0 radical (unpaired) electrons. The molecule has 0 unspecified atom stereocenters. The minimum atomic E-state index is -0.843. The molecule has 1 atom stereocenters. The van der Waals surface area contributed by atoms with E-state index in [9.17, 15) is 14.4 Å². The number of ether oxygens (including phenoxy) is 3. The normalized spacial score (nSPS) is 13.3. The third kappa shape index (κ3) is 52.1. The van der Waals surface area contributed by atoms with E-state index in [1.54, 1.807) is 0 Å². The van der Waals surface area contributed by atoms with Crippen LogP contribution in [0.2, 0.25) is 0 Å². The van der Waals surface area contributed by atoms with Crippen LogP contribution in [0.25, 0.3) is 0 Å². The smallest absolute Gasteiger partial charge is 0.306 e. The predicted octanol–water partition coefficient (Wildman–Crippen LogP) is 17.6. The van der Waals surface area contributed by atoms with E-state index in [0.717, 1.165) is 122 Å². The molecule has 0 rings (SSSR count).